The van der Waals surface area contributed by atoms with Crippen LogP contribution >= 0.6 is 0 Å². The Labute approximate surface area is 98.6 Å². The van der Waals surface area contributed by atoms with Crippen LogP contribution in [0.25, 0.3) is 0 Å². The van der Waals surface area contributed by atoms with Crippen molar-refractivity contribution in [1.29, 1.82) is 0 Å². The summed E-state index contributed by atoms with van der Waals surface area (Å²) in [6, 6.07) is 0.111. The van der Waals surface area contributed by atoms with Crippen LogP contribution in [0.4, 0.5) is 0 Å². The molecule has 94 valence electrons. The molecule has 3 N–H and O–H groups in total. The minimum absolute atomic E-state index is 0.0878. The molecule has 0 aromatic rings. The van der Waals surface area contributed by atoms with Gasteiger partial charge in [0.25, 0.3) is 0 Å². The van der Waals surface area contributed by atoms with Crippen LogP contribution in [0, 0.1) is 5.92 Å². The summed E-state index contributed by atoms with van der Waals surface area (Å²) in [5.74, 6) is 0.568. The number of nitrogens with two attached hydrogens (primary N) is 1. The van der Waals surface area contributed by atoms with Crippen molar-refractivity contribution in [2.45, 2.75) is 52.2 Å². The highest BCUT2D eigenvalue weighted by Crippen LogP contribution is 2.17. The minimum Gasteiger partial charge on any atom is -0.350 e. The van der Waals surface area contributed by atoms with Gasteiger partial charge in [-0.3, -0.25) is 9.69 Å². The van der Waals surface area contributed by atoms with Crippen LogP contribution in [0.15, 0.2) is 0 Å². The fourth-order valence-corrected chi connectivity index (χ4v) is 1.99. The summed E-state index contributed by atoms with van der Waals surface area (Å²) in [6.07, 6.45) is 0. The van der Waals surface area contributed by atoms with Gasteiger partial charge in [-0.15, -0.1) is 0 Å². The second-order valence-electron chi connectivity index (χ2n) is 6.01. The summed E-state index contributed by atoms with van der Waals surface area (Å²) in [5, 5.41) is 3.00. The number of nitrogens with one attached hydrogen (secondary N) is 1. The molecule has 1 amide bonds. The molecule has 4 heteroatoms. The monoisotopic (exact) mass is 227 g/mol. The van der Waals surface area contributed by atoms with E-state index >= 15 is 0 Å². The van der Waals surface area contributed by atoms with Crippen LogP contribution in [-0.4, -0.2) is 41.5 Å². The lowest BCUT2D eigenvalue weighted by atomic mass is 10.1. The molecule has 0 bridgehead atoms. The number of hydrogen-bond acceptors (Lipinski definition) is 3. The predicted octanol–water partition coefficient (Wildman–Crippen LogP) is 0.569. The molecule has 1 fully saturated rings. The van der Waals surface area contributed by atoms with E-state index in [2.05, 4.69) is 17.1 Å². The summed E-state index contributed by atoms with van der Waals surface area (Å²) in [5.41, 5.74) is 5.79. The van der Waals surface area contributed by atoms with E-state index in [-0.39, 0.29) is 23.5 Å². The van der Waals surface area contributed by atoms with Crippen LogP contribution in [0.2, 0.25) is 0 Å². The van der Waals surface area contributed by atoms with E-state index in [1.165, 1.54) is 0 Å². The Morgan fingerprint density at radius 1 is 1.44 bits per heavy atom. The lowest BCUT2D eigenvalue weighted by molar-refractivity contribution is -0.127. The van der Waals surface area contributed by atoms with Crippen LogP contribution in [-0.2, 0) is 4.79 Å². The number of nitrogens with zero attached hydrogens (tertiary/aromatic N) is 1. The van der Waals surface area contributed by atoms with Crippen LogP contribution in [0.1, 0.15) is 34.6 Å². The molecule has 16 heavy (non-hydrogen) atoms. The van der Waals surface area contributed by atoms with E-state index in [4.69, 9.17) is 5.73 Å². The molecule has 1 aliphatic rings. The molecule has 0 saturated carbocycles. The Morgan fingerprint density at radius 2 is 2.00 bits per heavy atom. The van der Waals surface area contributed by atoms with Gasteiger partial charge < -0.3 is 11.1 Å². The maximum atomic E-state index is 12.0. The van der Waals surface area contributed by atoms with Gasteiger partial charge in [-0.05, 0) is 33.6 Å². The van der Waals surface area contributed by atoms with Crippen molar-refractivity contribution >= 4 is 5.91 Å². The lowest BCUT2D eigenvalue weighted by Crippen LogP contribution is -2.50. The summed E-state index contributed by atoms with van der Waals surface area (Å²) in [6.45, 7) is 11.8. The van der Waals surface area contributed by atoms with Crippen molar-refractivity contribution in [3.05, 3.63) is 0 Å². The maximum absolute atomic E-state index is 12.0. The number of carbonyl (C=O) groups excluding carboxylic acids is 1. The Morgan fingerprint density at radius 3 is 2.38 bits per heavy atom. The van der Waals surface area contributed by atoms with Gasteiger partial charge >= 0.3 is 0 Å². The van der Waals surface area contributed by atoms with E-state index in [1.54, 1.807) is 0 Å². The zero-order chi connectivity index (χ0) is 12.5. The molecule has 4 nitrogen and oxygen atoms in total. The highest BCUT2D eigenvalue weighted by molar-refractivity contribution is 5.82. The third-order valence-corrected chi connectivity index (χ3v) is 3.12. The SMILES string of the molecule is CC1CN(C(C)C(=O)NC(C)(C)C)CC1N. The van der Waals surface area contributed by atoms with Gasteiger partial charge in [0.05, 0.1) is 6.04 Å². The Kier molecular flexibility index (Phi) is 3.97. The lowest BCUT2D eigenvalue weighted by Gasteiger charge is -2.28. The standard InChI is InChI=1S/C12H25N3O/c1-8-6-15(7-10(8)13)9(2)11(16)14-12(3,4)5/h8-10H,6-7,13H2,1-5H3,(H,14,16). The first-order chi connectivity index (χ1) is 7.20. The fourth-order valence-electron chi connectivity index (χ4n) is 1.99. The second kappa shape index (κ2) is 4.72. The summed E-state index contributed by atoms with van der Waals surface area (Å²) >= 11 is 0. The first kappa shape index (κ1) is 13.5. The van der Waals surface area contributed by atoms with Crippen molar-refractivity contribution in [2.75, 3.05) is 13.1 Å². The van der Waals surface area contributed by atoms with Crippen molar-refractivity contribution in [1.82, 2.24) is 10.2 Å². The van der Waals surface area contributed by atoms with E-state index in [0.717, 1.165) is 13.1 Å². The molecule has 0 spiro atoms. The molecular formula is C12H25N3O. The minimum atomic E-state index is -0.168. The predicted molar refractivity (Wildman–Crippen MR) is 66.1 cm³/mol. The molecule has 1 aliphatic heterocycles. The Balaban J connectivity index is 2.52. The van der Waals surface area contributed by atoms with Gasteiger partial charge in [-0.25, -0.2) is 0 Å². The van der Waals surface area contributed by atoms with Crippen molar-refractivity contribution in [3.63, 3.8) is 0 Å². The topological polar surface area (TPSA) is 58.4 Å². The molecule has 0 radical (unpaired) electrons. The highest BCUT2D eigenvalue weighted by atomic mass is 16.2. The zero-order valence-corrected chi connectivity index (χ0v) is 11.1. The molecule has 0 aromatic carbocycles. The largest absolute Gasteiger partial charge is 0.350 e. The van der Waals surface area contributed by atoms with Crippen LogP contribution in [0.5, 0.6) is 0 Å². The molecule has 3 unspecified atom stereocenters. The van der Waals surface area contributed by atoms with Gasteiger partial charge in [0.15, 0.2) is 0 Å². The highest BCUT2D eigenvalue weighted by Gasteiger charge is 2.33. The van der Waals surface area contributed by atoms with Crippen molar-refractivity contribution in [3.8, 4) is 0 Å². The fraction of sp³-hybridized carbons (Fsp3) is 0.917. The third-order valence-electron chi connectivity index (χ3n) is 3.12. The van der Waals surface area contributed by atoms with Crippen molar-refractivity contribution in [2.24, 2.45) is 11.7 Å². The van der Waals surface area contributed by atoms with E-state index < -0.39 is 0 Å². The molecule has 1 saturated heterocycles. The van der Waals surface area contributed by atoms with Gasteiger partial charge in [-0.2, -0.15) is 0 Å². The van der Waals surface area contributed by atoms with E-state index in [1.807, 2.05) is 27.7 Å². The Bertz CT molecular complexity index is 249. The first-order valence-corrected chi connectivity index (χ1v) is 6.02. The number of hydrogen-bond donors (Lipinski definition) is 2. The summed E-state index contributed by atoms with van der Waals surface area (Å²) in [7, 11) is 0. The molecule has 3 atom stereocenters. The van der Waals surface area contributed by atoms with Crippen molar-refractivity contribution < 1.29 is 4.79 Å². The summed E-state index contributed by atoms with van der Waals surface area (Å²) in [4.78, 5) is 14.1. The molecule has 0 aliphatic carbocycles. The molecule has 1 rings (SSSR count). The normalized spacial score (nSPS) is 29.1. The maximum Gasteiger partial charge on any atom is 0.237 e. The Hall–Kier alpha value is -0.610. The van der Waals surface area contributed by atoms with Gasteiger partial charge in [0, 0.05) is 24.7 Å². The number of likely N-dealkylation sites (tertiary alicyclic amines) is 1. The number of amides is 1. The molecule has 0 aromatic heterocycles. The average Bonchev–Trinajstić information content (AvgIpc) is 2.43. The van der Waals surface area contributed by atoms with Gasteiger partial charge in [0.2, 0.25) is 5.91 Å². The van der Waals surface area contributed by atoms with Crippen LogP contribution in [0.3, 0.4) is 0 Å². The quantitative estimate of drug-likeness (QED) is 0.725. The van der Waals surface area contributed by atoms with Gasteiger partial charge in [-0.1, -0.05) is 6.92 Å². The van der Waals surface area contributed by atoms with E-state index in [0.29, 0.717) is 5.92 Å². The van der Waals surface area contributed by atoms with E-state index in [9.17, 15) is 4.79 Å². The summed E-state index contributed by atoms with van der Waals surface area (Å²) < 4.78 is 0. The van der Waals surface area contributed by atoms with Crippen LogP contribution < -0.4 is 11.1 Å². The molecule has 1 heterocycles. The zero-order valence-electron chi connectivity index (χ0n) is 11.1. The smallest absolute Gasteiger partial charge is 0.237 e. The van der Waals surface area contributed by atoms with Gasteiger partial charge in [0.1, 0.15) is 0 Å². The third kappa shape index (κ3) is 3.46. The average molecular weight is 227 g/mol. The molecular weight excluding hydrogens is 202 g/mol. The number of carbonyl (C=O) groups is 1. The first-order valence-electron chi connectivity index (χ1n) is 6.02. The second-order valence-corrected chi connectivity index (χ2v) is 6.01. The number of rotatable bonds is 2.